The van der Waals surface area contributed by atoms with Gasteiger partial charge in [-0.05, 0) is 30.9 Å². The highest BCUT2D eigenvalue weighted by Crippen LogP contribution is 2.26. The van der Waals surface area contributed by atoms with Crippen LogP contribution in [0, 0.1) is 5.92 Å². The third-order valence-electron chi connectivity index (χ3n) is 4.24. The van der Waals surface area contributed by atoms with Gasteiger partial charge in [-0.1, -0.05) is 6.07 Å². The van der Waals surface area contributed by atoms with E-state index in [1.165, 1.54) is 0 Å². The van der Waals surface area contributed by atoms with E-state index in [0.29, 0.717) is 32.6 Å². The number of hydrogen-bond acceptors (Lipinski definition) is 4. The van der Waals surface area contributed by atoms with Crippen molar-refractivity contribution in [2.45, 2.75) is 31.4 Å². The summed E-state index contributed by atoms with van der Waals surface area (Å²) in [5.41, 5.74) is 1.05. The molecule has 0 radical (unpaired) electrons. The van der Waals surface area contributed by atoms with Crippen LogP contribution in [0.25, 0.3) is 0 Å². The standard InChI is InChI=1S/C15H20N2O3/c18-14-3-6-17(15(19)12-4-7-20-10-12)13(14)8-11-2-1-5-16-9-11/h1-2,5,9,12-14,18H,3-4,6-8,10H2/t12-,13-,14+/m0/s1. The summed E-state index contributed by atoms with van der Waals surface area (Å²) in [4.78, 5) is 18.5. The van der Waals surface area contributed by atoms with Crippen molar-refractivity contribution in [2.75, 3.05) is 19.8 Å². The van der Waals surface area contributed by atoms with E-state index < -0.39 is 6.10 Å². The smallest absolute Gasteiger partial charge is 0.228 e. The molecule has 3 heterocycles. The minimum atomic E-state index is -0.443. The Hall–Kier alpha value is -1.46. The average Bonchev–Trinajstić information content (AvgIpc) is 3.11. The molecule has 2 saturated heterocycles. The second-order valence-electron chi connectivity index (χ2n) is 5.58. The zero-order valence-electron chi connectivity index (χ0n) is 11.4. The van der Waals surface area contributed by atoms with Crippen molar-refractivity contribution in [3.63, 3.8) is 0 Å². The molecule has 0 spiro atoms. The van der Waals surface area contributed by atoms with E-state index in [9.17, 15) is 9.90 Å². The van der Waals surface area contributed by atoms with Crippen LogP contribution in [0.5, 0.6) is 0 Å². The maximum atomic E-state index is 12.5. The van der Waals surface area contributed by atoms with E-state index in [0.717, 1.165) is 12.0 Å². The lowest BCUT2D eigenvalue weighted by Crippen LogP contribution is -2.44. The van der Waals surface area contributed by atoms with Gasteiger partial charge < -0.3 is 14.7 Å². The van der Waals surface area contributed by atoms with Crippen LogP contribution in [0.2, 0.25) is 0 Å². The SMILES string of the molecule is O=C([C@H]1CCOC1)N1CC[C@@H](O)[C@@H]1Cc1cccnc1. The number of rotatable bonds is 3. The fraction of sp³-hybridized carbons (Fsp3) is 0.600. The first-order valence-corrected chi connectivity index (χ1v) is 7.21. The number of nitrogens with zero attached hydrogens (tertiary/aromatic N) is 2. The first-order chi connectivity index (χ1) is 9.75. The van der Waals surface area contributed by atoms with Crippen LogP contribution in [0.15, 0.2) is 24.5 Å². The molecular weight excluding hydrogens is 256 g/mol. The molecule has 2 aliphatic heterocycles. The zero-order valence-corrected chi connectivity index (χ0v) is 11.4. The molecule has 3 rings (SSSR count). The van der Waals surface area contributed by atoms with Gasteiger partial charge in [0.1, 0.15) is 0 Å². The molecule has 1 amide bonds. The number of pyridine rings is 1. The number of aliphatic hydroxyl groups excluding tert-OH is 1. The summed E-state index contributed by atoms with van der Waals surface area (Å²) in [6.07, 6.45) is 5.20. The highest BCUT2D eigenvalue weighted by atomic mass is 16.5. The van der Waals surface area contributed by atoms with Crippen molar-refractivity contribution in [1.29, 1.82) is 0 Å². The summed E-state index contributed by atoms with van der Waals surface area (Å²) in [5.74, 6) is 0.102. The molecule has 3 atom stereocenters. The van der Waals surface area contributed by atoms with Gasteiger partial charge in [0, 0.05) is 25.5 Å². The normalized spacial score (nSPS) is 29.9. The average molecular weight is 276 g/mol. The molecule has 5 nitrogen and oxygen atoms in total. The maximum absolute atomic E-state index is 12.5. The van der Waals surface area contributed by atoms with Crippen LogP contribution in [0.1, 0.15) is 18.4 Å². The van der Waals surface area contributed by atoms with Crippen molar-refractivity contribution in [3.05, 3.63) is 30.1 Å². The molecule has 2 aliphatic rings. The predicted molar refractivity (Wildman–Crippen MR) is 73.0 cm³/mol. The Morgan fingerprint density at radius 3 is 3.10 bits per heavy atom. The van der Waals surface area contributed by atoms with Crippen molar-refractivity contribution in [2.24, 2.45) is 5.92 Å². The third-order valence-corrected chi connectivity index (χ3v) is 4.24. The van der Waals surface area contributed by atoms with Crippen molar-refractivity contribution in [3.8, 4) is 0 Å². The topological polar surface area (TPSA) is 62.7 Å². The molecule has 0 bridgehead atoms. The second kappa shape index (κ2) is 5.89. The second-order valence-corrected chi connectivity index (χ2v) is 5.58. The van der Waals surface area contributed by atoms with Crippen LogP contribution in [-0.4, -0.2) is 52.8 Å². The van der Waals surface area contributed by atoms with Crippen LogP contribution in [0.3, 0.4) is 0 Å². The van der Waals surface area contributed by atoms with Crippen molar-refractivity contribution < 1.29 is 14.6 Å². The van der Waals surface area contributed by atoms with E-state index in [1.54, 1.807) is 12.4 Å². The van der Waals surface area contributed by atoms with E-state index in [1.807, 2.05) is 17.0 Å². The highest BCUT2D eigenvalue weighted by Gasteiger charge is 2.39. The molecule has 2 fully saturated rings. The van der Waals surface area contributed by atoms with Gasteiger partial charge in [-0.2, -0.15) is 0 Å². The van der Waals surface area contributed by atoms with Crippen LogP contribution in [-0.2, 0) is 16.0 Å². The molecule has 108 valence electrons. The Morgan fingerprint density at radius 2 is 2.40 bits per heavy atom. The first-order valence-electron chi connectivity index (χ1n) is 7.21. The molecule has 0 aliphatic carbocycles. The van der Waals surface area contributed by atoms with Gasteiger partial charge in [0.2, 0.25) is 5.91 Å². The minimum Gasteiger partial charge on any atom is -0.391 e. The summed E-state index contributed by atoms with van der Waals surface area (Å²) in [7, 11) is 0. The largest absolute Gasteiger partial charge is 0.391 e. The van der Waals surface area contributed by atoms with Gasteiger partial charge in [-0.3, -0.25) is 9.78 Å². The van der Waals surface area contributed by atoms with Gasteiger partial charge in [0.05, 0.1) is 24.7 Å². The van der Waals surface area contributed by atoms with Crippen molar-refractivity contribution >= 4 is 5.91 Å². The lowest BCUT2D eigenvalue weighted by Gasteiger charge is -2.28. The molecule has 0 unspecified atom stereocenters. The van der Waals surface area contributed by atoms with Crippen LogP contribution >= 0.6 is 0 Å². The van der Waals surface area contributed by atoms with E-state index in [4.69, 9.17) is 4.74 Å². The number of aliphatic hydroxyl groups is 1. The Balaban J connectivity index is 1.71. The number of likely N-dealkylation sites (tertiary alicyclic amines) is 1. The molecule has 1 N–H and O–H groups in total. The fourth-order valence-electron chi connectivity index (χ4n) is 3.08. The monoisotopic (exact) mass is 276 g/mol. The summed E-state index contributed by atoms with van der Waals surface area (Å²) in [6.45, 7) is 1.83. The van der Waals surface area contributed by atoms with Crippen LogP contribution in [0.4, 0.5) is 0 Å². The number of amides is 1. The van der Waals surface area contributed by atoms with E-state index in [-0.39, 0.29) is 17.9 Å². The molecule has 0 aromatic carbocycles. The lowest BCUT2D eigenvalue weighted by atomic mass is 10.0. The van der Waals surface area contributed by atoms with Gasteiger partial charge in [0.25, 0.3) is 0 Å². The molecular formula is C15H20N2O3. The Kier molecular flexibility index (Phi) is 3.98. The van der Waals surface area contributed by atoms with E-state index in [2.05, 4.69) is 4.98 Å². The number of carbonyl (C=O) groups excluding carboxylic acids is 1. The molecule has 20 heavy (non-hydrogen) atoms. The Bertz CT molecular complexity index is 459. The lowest BCUT2D eigenvalue weighted by molar-refractivity contribution is -0.137. The van der Waals surface area contributed by atoms with Gasteiger partial charge in [-0.25, -0.2) is 0 Å². The minimum absolute atomic E-state index is 0.0308. The molecule has 5 heteroatoms. The number of ether oxygens (including phenoxy) is 1. The molecule has 1 aromatic heterocycles. The van der Waals surface area contributed by atoms with Crippen LogP contribution < -0.4 is 0 Å². The summed E-state index contributed by atoms with van der Waals surface area (Å²) < 4.78 is 5.30. The number of aromatic nitrogens is 1. The highest BCUT2D eigenvalue weighted by molar-refractivity contribution is 5.80. The summed E-state index contributed by atoms with van der Waals surface area (Å²) >= 11 is 0. The Labute approximate surface area is 118 Å². The zero-order chi connectivity index (χ0) is 13.9. The fourth-order valence-corrected chi connectivity index (χ4v) is 3.08. The Morgan fingerprint density at radius 1 is 1.50 bits per heavy atom. The van der Waals surface area contributed by atoms with Gasteiger partial charge in [-0.15, -0.1) is 0 Å². The number of carbonyl (C=O) groups is 1. The first kappa shape index (κ1) is 13.5. The summed E-state index contributed by atoms with van der Waals surface area (Å²) in [5, 5.41) is 10.2. The van der Waals surface area contributed by atoms with E-state index >= 15 is 0 Å². The van der Waals surface area contributed by atoms with Gasteiger partial charge >= 0.3 is 0 Å². The summed E-state index contributed by atoms with van der Waals surface area (Å²) in [6, 6.07) is 3.74. The molecule has 1 aromatic rings. The van der Waals surface area contributed by atoms with Gasteiger partial charge in [0.15, 0.2) is 0 Å². The van der Waals surface area contributed by atoms with Crippen molar-refractivity contribution in [1.82, 2.24) is 9.88 Å². The molecule has 0 saturated carbocycles. The number of hydrogen-bond donors (Lipinski definition) is 1. The third kappa shape index (κ3) is 2.69. The quantitative estimate of drug-likeness (QED) is 0.879. The predicted octanol–water partition coefficient (Wildman–Crippen LogP) is 0.622. The maximum Gasteiger partial charge on any atom is 0.228 e.